The second kappa shape index (κ2) is 5.38. The van der Waals surface area contributed by atoms with Crippen molar-refractivity contribution >= 4 is 28.1 Å². The molecular formula is C14H10ClNO4S. The lowest BCUT2D eigenvalue weighted by Gasteiger charge is -2.14. The van der Waals surface area contributed by atoms with Crippen LogP contribution in [-0.2, 0) is 16.9 Å². The first-order chi connectivity index (χ1) is 10.0. The summed E-state index contributed by atoms with van der Waals surface area (Å²) in [5.74, 6) is 0.579. The minimum atomic E-state index is -3.91. The molecule has 21 heavy (non-hydrogen) atoms. The molecule has 0 bridgehead atoms. The maximum atomic E-state index is 11.2. The van der Waals surface area contributed by atoms with E-state index in [2.05, 4.69) is 4.40 Å². The summed E-state index contributed by atoms with van der Waals surface area (Å²) in [6.07, 6.45) is 1.21. The fourth-order valence-corrected chi connectivity index (χ4v) is 2.69. The normalized spacial score (nSPS) is 15.1. The molecule has 0 atom stereocenters. The van der Waals surface area contributed by atoms with E-state index in [1.54, 1.807) is 6.07 Å². The summed E-state index contributed by atoms with van der Waals surface area (Å²) in [7, 11) is -3.91. The monoisotopic (exact) mass is 323 g/mol. The van der Waals surface area contributed by atoms with Gasteiger partial charge < -0.3 is 8.92 Å². The van der Waals surface area contributed by atoms with Crippen molar-refractivity contribution in [2.45, 2.75) is 6.61 Å². The topological polar surface area (TPSA) is 65.0 Å². The Balaban J connectivity index is 1.85. The van der Waals surface area contributed by atoms with Gasteiger partial charge in [0, 0.05) is 11.6 Å². The molecule has 108 valence electrons. The first-order valence-corrected chi connectivity index (χ1v) is 7.78. The van der Waals surface area contributed by atoms with Gasteiger partial charge in [0.05, 0.1) is 11.2 Å². The molecule has 3 rings (SSSR count). The molecule has 2 aromatic rings. The summed E-state index contributed by atoms with van der Waals surface area (Å²) in [6.45, 7) is 0.357. The van der Waals surface area contributed by atoms with Crippen molar-refractivity contribution in [1.82, 2.24) is 0 Å². The van der Waals surface area contributed by atoms with Crippen LogP contribution in [0.1, 0.15) is 11.1 Å². The van der Waals surface area contributed by atoms with Gasteiger partial charge in [0.25, 0.3) is 0 Å². The van der Waals surface area contributed by atoms with Gasteiger partial charge in [0.2, 0.25) is 0 Å². The fraction of sp³-hybridized carbons (Fsp3) is 0.0714. The number of ether oxygens (including phenoxy) is 1. The third-order valence-corrected chi connectivity index (χ3v) is 3.87. The van der Waals surface area contributed by atoms with Gasteiger partial charge in [-0.15, -0.1) is 4.40 Å². The highest BCUT2D eigenvalue weighted by Gasteiger charge is 2.20. The van der Waals surface area contributed by atoms with Gasteiger partial charge in [-0.1, -0.05) is 41.9 Å². The lowest BCUT2D eigenvalue weighted by Crippen LogP contribution is -2.12. The highest BCUT2D eigenvalue weighted by Crippen LogP contribution is 2.34. The molecule has 1 heterocycles. The summed E-state index contributed by atoms with van der Waals surface area (Å²) in [5, 5.41) is 0.273. The molecule has 0 spiro atoms. The third kappa shape index (κ3) is 3.17. The largest absolute Gasteiger partial charge is 0.487 e. The van der Waals surface area contributed by atoms with Gasteiger partial charge in [-0.2, -0.15) is 8.42 Å². The average Bonchev–Trinajstić information content (AvgIpc) is 2.45. The van der Waals surface area contributed by atoms with E-state index in [1.807, 2.05) is 30.3 Å². The van der Waals surface area contributed by atoms with E-state index in [1.165, 1.54) is 12.3 Å². The van der Waals surface area contributed by atoms with Crippen LogP contribution in [0.2, 0.25) is 5.02 Å². The molecule has 0 amide bonds. The van der Waals surface area contributed by atoms with Gasteiger partial charge in [0.15, 0.2) is 5.75 Å². The lowest BCUT2D eigenvalue weighted by atomic mass is 10.2. The number of nitrogens with zero attached hydrogens (tertiary/aromatic N) is 1. The Kier molecular flexibility index (Phi) is 3.57. The van der Waals surface area contributed by atoms with Crippen LogP contribution in [0.4, 0.5) is 0 Å². The van der Waals surface area contributed by atoms with Crippen molar-refractivity contribution in [3.8, 4) is 11.5 Å². The Morgan fingerprint density at radius 2 is 1.95 bits per heavy atom. The van der Waals surface area contributed by atoms with Crippen LogP contribution in [0.3, 0.4) is 0 Å². The lowest BCUT2D eigenvalue weighted by molar-refractivity contribution is 0.306. The molecule has 0 radical (unpaired) electrons. The van der Waals surface area contributed by atoms with E-state index in [0.717, 1.165) is 5.56 Å². The zero-order valence-corrected chi connectivity index (χ0v) is 12.3. The van der Waals surface area contributed by atoms with E-state index >= 15 is 0 Å². The van der Waals surface area contributed by atoms with Crippen LogP contribution in [0.15, 0.2) is 46.9 Å². The molecule has 7 heteroatoms. The molecule has 1 aliphatic rings. The van der Waals surface area contributed by atoms with Gasteiger partial charge in [-0.25, -0.2) is 0 Å². The van der Waals surface area contributed by atoms with E-state index in [0.29, 0.717) is 17.9 Å². The SMILES string of the molecule is O=S1(=O)N=Cc2cc(OCc3ccccc3)c(Cl)cc2O1. The molecule has 0 N–H and O–H groups in total. The molecule has 0 aromatic heterocycles. The second-order valence-corrected chi connectivity index (χ2v) is 5.98. The van der Waals surface area contributed by atoms with Crippen molar-refractivity contribution in [1.29, 1.82) is 0 Å². The highest BCUT2D eigenvalue weighted by atomic mass is 35.5. The van der Waals surface area contributed by atoms with Crippen LogP contribution in [0, 0.1) is 0 Å². The van der Waals surface area contributed by atoms with E-state index in [9.17, 15) is 8.42 Å². The standard InChI is InChI=1S/C14H10ClNO4S/c15-12-7-13-11(8-16-21(17,18)20-13)6-14(12)19-9-10-4-2-1-3-5-10/h1-8H,9H2. The van der Waals surface area contributed by atoms with Gasteiger partial charge in [0.1, 0.15) is 12.4 Å². The predicted octanol–water partition coefficient (Wildman–Crippen LogP) is 2.98. The Bertz CT molecular complexity index is 803. The molecular weight excluding hydrogens is 314 g/mol. The quantitative estimate of drug-likeness (QED) is 0.871. The Hall–Kier alpha value is -2.05. The Morgan fingerprint density at radius 1 is 1.19 bits per heavy atom. The highest BCUT2D eigenvalue weighted by molar-refractivity contribution is 7.86. The minimum absolute atomic E-state index is 0.141. The molecule has 1 aliphatic heterocycles. The van der Waals surface area contributed by atoms with Crippen LogP contribution in [0.25, 0.3) is 0 Å². The Morgan fingerprint density at radius 3 is 2.71 bits per heavy atom. The summed E-state index contributed by atoms with van der Waals surface area (Å²) in [5.41, 5.74) is 1.50. The van der Waals surface area contributed by atoms with Gasteiger partial charge in [-0.3, -0.25) is 0 Å². The summed E-state index contributed by atoms with van der Waals surface area (Å²) in [6, 6.07) is 12.6. The van der Waals surface area contributed by atoms with Crippen LogP contribution in [-0.4, -0.2) is 14.6 Å². The molecule has 2 aromatic carbocycles. The predicted molar refractivity (Wildman–Crippen MR) is 79.4 cm³/mol. The molecule has 0 fully saturated rings. The van der Waals surface area contributed by atoms with Crippen molar-refractivity contribution in [3.05, 3.63) is 58.6 Å². The zero-order valence-electron chi connectivity index (χ0n) is 10.7. The zero-order chi connectivity index (χ0) is 14.9. The molecule has 0 unspecified atom stereocenters. The van der Waals surface area contributed by atoms with Gasteiger partial charge in [-0.05, 0) is 11.6 Å². The first-order valence-electron chi connectivity index (χ1n) is 6.03. The van der Waals surface area contributed by atoms with E-state index < -0.39 is 10.3 Å². The van der Waals surface area contributed by atoms with Crippen LogP contribution in [0.5, 0.6) is 11.5 Å². The maximum absolute atomic E-state index is 11.2. The molecule has 0 saturated carbocycles. The molecule has 0 aliphatic carbocycles. The fourth-order valence-electron chi connectivity index (χ4n) is 1.83. The number of rotatable bonds is 3. The summed E-state index contributed by atoms with van der Waals surface area (Å²) >= 11 is 6.08. The summed E-state index contributed by atoms with van der Waals surface area (Å²) < 4.78 is 36.2. The molecule has 5 nitrogen and oxygen atoms in total. The van der Waals surface area contributed by atoms with Gasteiger partial charge >= 0.3 is 10.3 Å². The summed E-state index contributed by atoms with van der Waals surface area (Å²) in [4.78, 5) is 0. The number of halogens is 1. The number of fused-ring (bicyclic) bond motifs is 1. The third-order valence-electron chi connectivity index (χ3n) is 2.82. The number of benzene rings is 2. The average molecular weight is 324 g/mol. The minimum Gasteiger partial charge on any atom is -0.487 e. The maximum Gasteiger partial charge on any atom is 0.428 e. The van der Waals surface area contributed by atoms with Crippen LogP contribution >= 0.6 is 11.6 Å². The first kappa shape index (κ1) is 13.9. The molecule has 0 saturated heterocycles. The van der Waals surface area contributed by atoms with E-state index in [4.69, 9.17) is 20.5 Å². The number of hydrogen-bond acceptors (Lipinski definition) is 4. The van der Waals surface area contributed by atoms with Crippen molar-refractivity contribution in [2.75, 3.05) is 0 Å². The van der Waals surface area contributed by atoms with Crippen molar-refractivity contribution in [2.24, 2.45) is 4.40 Å². The Labute approximate surface area is 127 Å². The van der Waals surface area contributed by atoms with Crippen LogP contribution < -0.4 is 8.92 Å². The number of hydrogen-bond donors (Lipinski definition) is 0. The smallest absolute Gasteiger partial charge is 0.428 e. The van der Waals surface area contributed by atoms with Crippen molar-refractivity contribution in [3.63, 3.8) is 0 Å². The van der Waals surface area contributed by atoms with Crippen molar-refractivity contribution < 1.29 is 17.3 Å². The second-order valence-electron chi connectivity index (χ2n) is 4.34. The van der Waals surface area contributed by atoms with E-state index in [-0.39, 0.29) is 10.8 Å².